The van der Waals surface area contributed by atoms with Gasteiger partial charge < -0.3 is 9.47 Å². The fourth-order valence-corrected chi connectivity index (χ4v) is 5.00. The number of amides is 1. The zero-order valence-corrected chi connectivity index (χ0v) is 21.3. The molecule has 1 amide bonds. The molecule has 3 aromatic carbocycles. The van der Waals surface area contributed by atoms with Gasteiger partial charge in [-0.3, -0.25) is 9.69 Å². The highest BCUT2D eigenvalue weighted by Crippen LogP contribution is 2.36. The van der Waals surface area contributed by atoms with Gasteiger partial charge in [0, 0.05) is 10.6 Å². The smallest absolute Gasteiger partial charge is 0.266 e. The van der Waals surface area contributed by atoms with E-state index in [-0.39, 0.29) is 5.91 Å². The number of carbonyl (C=O) groups excluding carboxylic acids is 1. The molecule has 0 atom stereocenters. The van der Waals surface area contributed by atoms with Gasteiger partial charge in [0.05, 0.1) is 11.4 Å². The van der Waals surface area contributed by atoms with Gasteiger partial charge in [-0.25, -0.2) is 0 Å². The molecule has 1 saturated heterocycles. The number of carbonyl (C=O) groups is 1. The van der Waals surface area contributed by atoms with E-state index in [9.17, 15) is 4.79 Å². The van der Waals surface area contributed by atoms with Crippen LogP contribution in [0.4, 0.5) is 0 Å². The highest BCUT2D eigenvalue weighted by Gasteiger charge is 2.32. The molecule has 7 heteroatoms. The van der Waals surface area contributed by atoms with Crippen molar-refractivity contribution < 1.29 is 14.3 Å². The minimum atomic E-state index is -0.122. The lowest BCUT2D eigenvalue weighted by Crippen LogP contribution is -2.27. The number of nitrogens with zero attached hydrogens (tertiary/aromatic N) is 1. The molecule has 174 valence electrons. The molecule has 3 aromatic rings. The fraction of sp³-hybridized carbons (Fsp3) is 0.185. The molecule has 34 heavy (non-hydrogen) atoms. The number of rotatable bonds is 8. The Balaban J connectivity index is 1.44. The Kier molecular flexibility index (Phi) is 7.93. The predicted octanol–water partition coefficient (Wildman–Crippen LogP) is 6.82. The largest absolute Gasteiger partial charge is 0.490 e. The molecule has 0 saturated carbocycles. The van der Waals surface area contributed by atoms with Gasteiger partial charge in [0.15, 0.2) is 0 Å². The molecular formula is C27H24ClNO3S2. The summed E-state index contributed by atoms with van der Waals surface area (Å²) in [6, 6.07) is 21.2. The van der Waals surface area contributed by atoms with E-state index in [1.54, 1.807) is 29.2 Å². The van der Waals surface area contributed by atoms with Crippen molar-refractivity contribution in [2.45, 2.75) is 20.4 Å². The quantitative estimate of drug-likeness (QED) is 0.189. The third-order valence-corrected chi connectivity index (χ3v) is 6.86. The molecule has 0 bridgehead atoms. The minimum Gasteiger partial charge on any atom is -0.490 e. The molecular weight excluding hydrogens is 486 g/mol. The molecule has 1 aliphatic heterocycles. The summed E-state index contributed by atoms with van der Waals surface area (Å²) in [4.78, 5) is 15.2. The molecule has 1 heterocycles. The maximum Gasteiger partial charge on any atom is 0.266 e. The second-order valence-corrected chi connectivity index (χ2v) is 10.0. The molecule has 0 aromatic heterocycles. The first-order valence-electron chi connectivity index (χ1n) is 10.8. The molecule has 4 rings (SSSR count). The second-order valence-electron chi connectivity index (χ2n) is 7.90. The first-order chi connectivity index (χ1) is 16.4. The number of ether oxygens (including phenoxy) is 2. The summed E-state index contributed by atoms with van der Waals surface area (Å²) in [7, 11) is 0. The van der Waals surface area contributed by atoms with Crippen LogP contribution in [0.3, 0.4) is 0 Å². The zero-order valence-electron chi connectivity index (χ0n) is 18.9. The summed E-state index contributed by atoms with van der Waals surface area (Å²) in [5.41, 5.74) is 4.03. The highest BCUT2D eigenvalue weighted by molar-refractivity contribution is 8.26. The van der Waals surface area contributed by atoms with Gasteiger partial charge in [0.25, 0.3) is 5.91 Å². The number of halogens is 1. The first kappa shape index (κ1) is 24.3. The van der Waals surface area contributed by atoms with Gasteiger partial charge in [0.2, 0.25) is 0 Å². The summed E-state index contributed by atoms with van der Waals surface area (Å²) in [5.74, 6) is 1.34. The SMILES string of the molecule is Cc1ccc(OCCOc2ccc(Cl)cc2C=C2SC(=S)N(Cc3ccccc3)C2=O)c(C)c1. The van der Waals surface area contributed by atoms with Gasteiger partial charge in [-0.2, -0.15) is 0 Å². The zero-order chi connectivity index (χ0) is 24.1. The van der Waals surface area contributed by atoms with Crippen LogP contribution in [0, 0.1) is 13.8 Å². The van der Waals surface area contributed by atoms with Crippen LogP contribution in [0.1, 0.15) is 22.3 Å². The van der Waals surface area contributed by atoms with Crippen molar-refractivity contribution in [1.29, 1.82) is 0 Å². The van der Waals surface area contributed by atoms with Crippen LogP contribution in [0.15, 0.2) is 71.6 Å². The van der Waals surface area contributed by atoms with Crippen LogP contribution in [0.5, 0.6) is 11.5 Å². The molecule has 4 nitrogen and oxygen atoms in total. The lowest BCUT2D eigenvalue weighted by atomic mass is 10.1. The standard InChI is InChI=1S/C27H24ClNO3S2/c1-18-8-10-23(19(2)14-18)31-12-13-32-24-11-9-22(28)15-21(24)16-25-26(30)29(27(33)34-25)17-20-6-4-3-5-7-20/h3-11,14-16H,12-13,17H2,1-2H3. The first-order valence-corrected chi connectivity index (χ1v) is 12.4. The Bertz CT molecular complexity index is 1240. The highest BCUT2D eigenvalue weighted by atomic mass is 35.5. The maximum absolute atomic E-state index is 13.0. The van der Waals surface area contributed by atoms with Crippen LogP contribution in [-0.4, -0.2) is 28.3 Å². The number of hydrogen-bond donors (Lipinski definition) is 0. The van der Waals surface area contributed by atoms with Crippen LogP contribution >= 0.6 is 35.6 Å². The van der Waals surface area contributed by atoms with Gasteiger partial charge in [0.1, 0.15) is 29.0 Å². The number of thioether (sulfide) groups is 1. The number of thiocarbonyl (C=S) groups is 1. The summed E-state index contributed by atoms with van der Waals surface area (Å²) in [6.45, 7) is 5.26. The van der Waals surface area contributed by atoms with E-state index in [0.717, 1.165) is 22.4 Å². The van der Waals surface area contributed by atoms with E-state index >= 15 is 0 Å². The van der Waals surface area contributed by atoms with Gasteiger partial charge in [-0.15, -0.1) is 0 Å². The molecule has 1 fully saturated rings. The van der Waals surface area contributed by atoms with E-state index in [0.29, 0.717) is 39.8 Å². The average Bonchev–Trinajstić information content (AvgIpc) is 3.07. The Labute approximate surface area is 214 Å². The molecule has 0 N–H and O–H groups in total. The Morgan fingerprint density at radius 3 is 2.41 bits per heavy atom. The monoisotopic (exact) mass is 509 g/mol. The normalized spacial score (nSPS) is 14.7. The van der Waals surface area contributed by atoms with Crippen molar-refractivity contribution in [3.63, 3.8) is 0 Å². The summed E-state index contributed by atoms with van der Waals surface area (Å²) in [5, 5.41) is 0.560. The van der Waals surface area contributed by atoms with Gasteiger partial charge >= 0.3 is 0 Å². The molecule has 1 aliphatic rings. The van der Waals surface area contributed by atoms with Gasteiger partial charge in [-0.05, 0) is 55.3 Å². The van der Waals surface area contributed by atoms with E-state index in [1.165, 1.54) is 17.3 Å². The average molecular weight is 510 g/mol. The molecule has 0 radical (unpaired) electrons. The third-order valence-electron chi connectivity index (χ3n) is 5.24. The van der Waals surface area contributed by atoms with Crippen molar-refractivity contribution in [3.05, 3.63) is 98.9 Å². The van der Waals surface area contributed by atoms with Crippen LogP contribution in [0.2, 0.25) is 5.02 Å². The third kappa shape index (κ3) is 6.00. The van der Waals surface area contributed by atoms with E-state index in [1.807, 2.05) is 49.4 Å². The van der Waals surface area contributed by atoms with E-state index in [4.69, 9.17) is 33.3 Å². The Morgan fingerprint density at radius 1 is 0.971 bits per heavy atom. The maximum atomic E-state index is 13.0. The van der Waals surface area contributed by atoms with Crippen LogP contribution in [-0.2, 0) is 11.3 Å². The summed E-state index contributed by atoms with van der Waals surface area (Å²) >= 11 is 13.0. The number of benzene rings is 3. The number of hydrogen-bond acceptors (Lipinski definition) is 5. The van der Waals surface area contributed by atoms with Crippen LogP contribution in [0.25, 0.3) is 6.08 Å². The predicted molar refractivity (Wildman–Crippen MR) is 144 cm³/mol. The molecule has 0 spiro atoms. The lowest BCUT2D eigenvalue weighted by Gasteiger charge is -2.14. The van der Waals surface area contributed by atoms with Gasteiger partial charge in [-0.1, -0.05) is 83.6 Å². The summed E-state index contributed by atoms with van der Waals surface area (Å²) in [6.07, 6.45) is 1.79. The minimum absolute atomic E-state index is 0.122. The van der Waals surface area contributed by atoms with Crippen molar-refractivity contribution in [3.8, 4) is 11.5 Å². The van der Waals surface area contributed by atoms with Crippen molar-refractivity contribution in [1.82, 2.24) is 4.90 Å². The van der Waals surface area contributed by atoms with Crippen molar-refractivity contribution in [2.24, 2.45) is 0 Å². The Hall–Kier alpha value is -2.80. The van der Waals surface area contributed by atoms with E-state index < -0.39 is 0 Å². The van der Waals surface area contributed by atoms with E-state index in [2.05, 4.69) is 13.0 Å². The number of aryl methyl sites for hydroxylation is 2. The van der Waals surface area contributed by atoms with Crippen LogP contribution < -0.4 is 9.47 Å². The lowest BCUT2D eigenvalue weighted by molar-refractivity contribution is -0.122. The summed E-state index contributed by atoms with van der Waals surface area (Å²) < 4.78 is 12.4. The fourth-order valence-electron chi connectivity index (χ4n) is 3.57. The van der Waals surface area contributed by atoms with Crippen molar-refractivity contribution >= 4 is 51.9 Å². The van der Waals surface area contributed by atoms with Crippen molar-refractivity contribution in [2.75, 3.05) is 13.2 Å². The Morgan fingerprint density at radius 2 is 1.68 bits per heavy atom. The topological polar surface area (TPSA) is 38.8 Å². The molecule has 0 unspecified atom stereocenters. The molecule has 0 aliphatic carbocycles. The second kappa shape index (κ2) is 11.1.